The number of benzene rings is 2. The van der Waals surface area contributed by atoms with Crippen molar-refractivity contribution in [3.63, 3.8) is 0 Å². The number of halogens is 1. The number of nitro benzene ring substituents is 1. The number of H-pyrrole nitrogens is 1. The third-order valence-corrected chi connectivity index (χ3v) is 4.83. The lowest BCUT2D eigenvalue weighted by Crippen LogP contribution is -2.45. The van der Waals surface area contributed by atoms with Gasteiger partial charge in [-0.05, 0) is 17.2 Å². The van der Waals surface area contributed by atoms with Crippen LogP contribution in [0.15, 0.2) is 48.5 Å². The van der Waals surface area contributed by atoms with Gasteiger partial charge in [-0.2, -0.15) is 0 Å². The second-order valence-electron chi connectivity index (χ2n) is 6.29. The summed E-state index contributed by atoms with van der Waals surface area (Å²) in [6.07, 6.45) is 0.523. The quantitative estimate of drug-likeness (QED) is 0.408. The molecule has 2 heterocycles. The minimum atomic E-state index is -0.480. The maximum absolute atomic E-state index is 12.2. The lowest BCUT2D eigenvalue weighted by atomic mass is 9.90. The molecule has 4 rings (SSSR count). The topological polar surface area (TPSA) is 97.3 Å². The molecule has 0 bridgehead atoms. The second-order valence-corrected chi connectivity index (χ2v) is 6.29. The number of fused-ring (bicyclic) bond motifs is 3. The summed E-state index contributed by atoms with van der Waals surface area (Å²) in [6, 6.07) is 13.5. The average Bonchev–Trinajstić information content (AvgIpc) is 3.05. The van der Waals surface area contributed by atoms with Crippen LogP contribution in [0.25, 0.3) is 10.9 Å². The van der Waals surface area contributed by atoms with Gasteiger partial charge in [0.25, 0.3) is 5.69 Å². The van der Waals surface area contributed by atoms with Crippen molar-refractivity contribution in [1.82, 2.24) is 10.3 Å². The van der Waals surface area contributed by atoms with Crippen LogP contribution < -0.4 is 5.32 Å². The van der Waals surface area contributed by atoms with Gasteiger partial charge in [-0.25, -0.2) is 0 Å². The lowest BCUT2D eigenvalue weighted by Gasteiger charge is -2.30. The van der Waals surface area contributed by atoms with Gasteiger partial charge in [0, 0.05) is 35.2 Å². The molecule has 0 radical (unpaired) electrons. The number of rotatable bonds is 3. The summed E-state index contributed by atoms with van der Waals surface area (Å²) in [5.41, 5.74) is 3.91. The molecule has 7 nitrogen and oxygen atoms in total. The first-order valence-corrected chi connectivity index (χ1v) is 8.26. The number of nitrogens with zero attached hydrogens (tertiary/aromatic N) is 1. The van der Waals surface area contributed by atoms with Crippen LogP contribution in [0.3, 0.4) is 0 Å². The van der Waals surface area contributed by atoms with Gasteiger partial charge in [0.2, 0.25) is 0 Å². The van der Waals surface area contributed by atoms with Gasteiger partial charge in [-0.1, -0.05) is 30.3 Å². The molecule has 0 amide bonds. The Morgan fingerprint density at radius 2 is 1.89 bits per heavy atom. The van der Waals surface area contributed by atoms with Crippen molar-refractivity contribution < 1.29 is 14.5 Å². The van der Waals surface area contributed by atoms with E-state index in [4.69, 9.17) is 4.74 Å². The van der Waals surface area contributed by atoms with Crippen LogP contribution in [0.2, 0.25) is 0 Å². The molecular formula is C19H18ClN3O4. The smallest absolute Gasteiger partial charge is 0.323 e. The highest BCUT2D eigenvalue weighted by Gasteiger charge is 2.34. The number of hydrogen-bond acceptors (Lipinski definition) is 5. The molecule has 8 heteroatoms. The van der Waals surface area contributed by atoms with Crippen LogP contribution in [0.4, 0.5) is 5.69 Å². The Morgan fingerprint density at radius 3 is 2.56 bits per heavy atom. The maximum atomic E-state index is 12.2. The standard InChI is InChI=1S/C19H17N3O4.ClH/c1-26-19(23)16-10-14-13-4-2-3-5-15(13)20-18(14)17(21-16)11-6-8-12(9-7-11)22(24)25;/h2-9,16-17,20-21H,10H2,1H3;1H/t16-,17+;/m0./s1. The molecule has 1 aliphatic rings. The maximum Gasteiger partial charge on any atom is 0.323 e. The number of carbonyl (C=O) groups is 1. The number of ether oxygens (including phenoxy) is 1. The summed E-state index contributed by atoms with van der Waals surface area (Å²) in [4.78, 5) is 26.1. The van der Waals surface area contributed by atoms with E-state index in [1.54, 1.807) is 12.1 Å². The Morgan fingerprint density at radius 1 is 1.19 bits per heavy atom. The highest BCUT2D eigenvalue weighted by Crippen LogP contribution is 2.35. The first-order chi connectivity index (χ1) is 12.6. The van der Waals surface area contributed by atoms with Crippen molar-refractivity contribution in [2.45, 2.75) is 18.5 Å². The highest BCUT2D eigenvalue weighted by molar-refractivity contribution is 5.87. The summed E-state index contributed by atoms with van der Waals surface area (Å²) < 4.78 is 4.93. The molecule has 0 fully saturated rings. The van der Waals surface area contributed by atoms with Crippen LogP contribution in [0.1, 0.15) is 22.9 Å². The first kappa shape index (κ1) is 18.9. The fourth-order valence-corrected chi connectivity index (χ4v) is 3.58. The third-order valence-electron chi connectivity index (χ3n) is 4.83. The number of aromatic nitrogens is 1. The Hall–Kier alpha value is -2.90. The van der Waals surface area contributed by atoms with Gasteiger partial charge in [0.05, 0.1) is 18.1 Å². The monoisotopic (exact) mass is 387 g/mol. The molecule has 0 saturated carbocycles. The minimum absolute atomic E-state index is 0. The fourth-order valence-electron chi connectivity index (χ4n) is 3.58. The van der Waals surface area contributed by atoms with Crippen LogP contribution in [-0.2, 0) is 16.0 Å². The third kappa shape index (κ3) is 3.27. The molecule has 0 unspecified atom stereocenters. The molecular weight excluding hydrogens is 370 g/mol. The average molecular weight is 388 g/mol. The number of nitrogens with one attached hydrogen (secondary N) is 2. The van der Waals surface area contributed by atoms with Crippen molar-refractivity contribution in [3.8, 4) is 0 Å². The summed E-state index contributed by atoms with van der Waals surface area (Å²) >= 11 is 0. The SMILES string of the molecule is COC(=O)[C@@H]1Cc2c([nH]c3ccccc23)[C@@H](c2ccc([N+](=O)[O-])cc2)N1.Cl. The largest absolute Gasteiger partial charge is 0.468 e. The summed E-state index contributed by atoms with van der Waals surface area (Å²) in [5.74, 6) is -0.326. The van der Waals surface area contributed by atoms with Gasteiger partial charge in [0.1, 0.15) is 6.04 Å². The Kier molecular flexibility index (Phi) is 5.16. The highest BCUT2D eigenvalue weighted by atomic mass is 35.5. The zero-order valence-electron chi connectivity index (χ0n) is 14.5. The molecule has 1 aromatic heterocycles. The zero-order chi connectivity index (χ0) is 18.3. The van der Waals surface area contributed by atoms with E-state index in [9.17, 15) is 14.9 Å². The van der Waals surface area contributed by atoms with Crippen LogP contribution >= 0.6 is 12.4 Å². The Labute approximate surface area is 161 Å². The molecule has 2 atom stereocenters. The van der Waals surface area contributed by atoms with Crippen LogP contribution in [-0.4, -0.2) is 29.0 Å². The van der Waals surface area contributed by atoms with Crippen molar-refractivity contribution in [2.75, 3.05) is 7.11 Å². The number of aromatic amines is 1. The number of nitro groups is 1. The number of carbonyl (C=O) groups excluding carboxylic acids is 1. The molecule has 2 aromatic carbocycles. The predicted molar refractivity (Wildman–Crippen MR) is 103 cm³/mol. The van der Waals surface area contributed by atoms with Crippen molar-refractivity contribution in [1.29, 1.82) is 0 Å². The number of hydrogen-bond donors (Lipinski definition) is 2. The molecule has 0 spiro atoms. The number of esters is 1. The van der Waals surface area contributed by atoms with E-state index in [1.807, 2.05) is 24.3 Å². The molecule has 27 heavy (non-hydrogen) atoms. The summed E-state index contributed by atoms with van der Waals surface area (Å²) in [5, 5.41) is 15.3. The zero-order valence-corrected chi connectivity index (χ0v) is 15.3. The number of methoxy groups -OCH3 is 1. The molecule has 3 aromatic rings. The number of non-ortho nitro benzene ring substituents is 1. The fraction of sp³-hybridized carbons (Fsp3) is 0.211. The van der Waals surface area contributed by atoms with E-state index in [1.165, 1.54) is 19.2 Å². The predicted octanol–water partition coefficient (Wildman–Crippen LogP) is 3.27. The molecule has 1 aliphatic heterocycles. The number of para-hydroxylation sites is 1. The van der Waals surface area contributed by atoms with Gasteiger partial charge in [0.15, 0.2) is 0 Å². The summed E-state index contributed by atoms with van der Waals surface area (Å²) in [7, 11) is 1.37. The Bertz CT molecular complexity index is 1000. The Balaban J connectivity index is 0.00000210. The van der Waals surface area contributed by atoms with Crippen molar-refractivity contribution in [2.24, 2.45) is 0 Å². The van der Waals surface area contributed by atoms with Crippen molar-refractivity contribution >= 4 is 35.0 Å². The van der Waals surface area contributed by atoms with E-state index in [-0.39, 0.29) is 30.1 Å². The minimum Gasteiger partial charge on any atom is -0.468 e. The van der Waals surface area contributed by atoms with E-state index >= 15 is 0 Å². The molecule has 0 aliphatic carbocycles. The first-order valence-electron chi connectivity index (χ1n) is 8.26. The van der Waals surface area contributed by atoms with Crippen molar-refractivity contribution in [3.05, 3.63) is 75.5 Å². The molecule has 2 N–H and O–H groups in total. The van der Waals surface area contributed by atoms with E-state index in [0.717, 1.165) is 27.7 Å². The normalized spacial score (nSPS) is 18.4. The summed E-state index contributed by atoms with van der Waals surface area (Å²) in [6.45, 7) is 0. The van der Waals surface area contributed by atoms with E-state index in [2.05, 4.69) is 10.3 Å². The van der Waals surface area contributed by atoms with E-state index < -0.39 is 11.0 Å². The second kappa shape index (κ2) is 7.38. The van der Waals surface area contributed by atoms with Gasteiger partial charge in [-0.15, -0.1) is 12.4 Å². The molecule has 0 saturated heterocycles. The molecule has 140 valence electrons. The van der Waals surface area contributed by atoms with Crippen LogP contribution in [0.5, 0.6) is 0 Å². The van der Waals surface area contributed by atoms with Gasteiger partial charge >= 0.3 is 5.97 Å². The lowest BCUT2D eigenvalue weighted by molar-refractivity contribution is -0.384. The van der Waals surface area contributed by atoms with E-state index in [0.29, 0.717) is 6.42 Å². The van der Waals surface area contributed by atoms with Gasteiger partial charge < -0.3 is 9.72 Å². The van der Waals surface area contributed by atoms with Crippen LogP contribution in [0, 0.1) is 10.1 Å². The van der Waals surface area contributed by atoms with Gasteiger partial charge in [-0.3, -0.25) is 20.2 Å².